The van der Waals surface area contributed by atoms with Gasteiger partial charge in [-0.1, -0.05) is 142 Å². The fourth-order valence-electron chi connectivity index (χ4n) is 7.23. The van der Waals surface area contributed by atoms with E-state index in [4.69, 9.17) is 14.4 Å². The van der Waals surface area contributed by atoms with Crippen molar-refractivity contribution in [3.05, 3.63) is 175 Å². The first-order valence-corrected chi connectivity index (χ1v) is 18.3. The minimum absolute atomic E-state index is 0.0632. The van der Waals surface area contributed by atoms with E-state index in [1.54, 1.807) is 12.3 Å². The van der Waals surface area contributed by atoms with Crippen LogP contribution < -0.4 is 0 Å². The number of fused-ring (bicyclic) bond motifs is 3. The maximum atomic E-state index is 10.7. The molecule has 4 nitrogen and oxygen atoms in total. The Morgan fingerprint density at radius 2 is 1.22 bits per heavy atom. The van der Waals surface area contributed by atoms with E-state index in [1.165, 1.54) is 16.3 Å². The number of aromatic nitrogens is 1. The number of para-hydroxylation sites is 1. The number of hydrogen-bond donors (Lipinski definition) is 1. The first-order chi connectivity index (χ1) is 26.3. The first-order valence-electron chi connectivity index (χ1n) is 18.3. The Morgan fingerprint density at radius 3 is 2.04 bits per heavy atom. The lowest BCUT2D eigenvalue weighted by Gasteiger charge is -2.19. The molecule has 8 aromatic carbocycles. The van der Waals surface area contributed by atoms with E-state index in [0.717, 1.165) is 55.2 Å². The second-order valence-electron chi connectivity index (χ2n) is 14.9. The van der Waals surface area contributed by atoms with Crippen molar-refractivity contribution in [3.63, 3.8) is 0 Å². The molecular formula is C50H38N2O2. The lowest BCUT2D eigenvalue weighted by atomic mass is 9.86. The normalized spacial score (nSPS) is 12.0. The molecular weight excluding hydrogens is 661 g/mol. The van der Waals surface area contributed by atoms with Crippen molar-refractivity contribution in [3.8, 4) is 50.6 Å². The van der Waals surface area contributed by atoms with Crippen LogP contribution in [0, 0.1) is 0 Å². The second kappa shape index (κ2) is 13.3. The third-order valence-electron chi connectivity index (χ3n) is 10.2. The molecule has 9 rings (SSSR count). The molecule has 1 N–H and O–H groups in total. The van der Waals surface area contributed by atoms with Gasteiger partial charge in [-0.05, 0) is 103 Å². The molecule has 0 radical (unpaired) electrons. The highest BCUT2D eigenvalue weighted by atomic mass is 16.3. The third kappa shape index (κ3) is 6.22. The summed E-state index contributed by atoms with van der Waals surface area (Å²) in [5.41, 5.74) is 11.2. The van der Waals surface area contributed by atoms with Gasteiger partial charge in [0.05, 0.1) is 11.3 Å². The zero-order valence-corrected chi connectivity index (χ0v) is 30.4. The van der Waals surface area contributed by atoms with Crippen molar-refractivity contribution in [2.75, 3.05) is 0 Å². The fraction of sp³-hybridized carbons (Fsp3) is 0.0800. The van der Waals surface area contributed by atoms with Crippen LogP contribution in [-0.4, -0.2) is 16.3 Å². The van der Waals surface area contributed by atoms with Crippen LogP contribution in [0.1, 0.15) is 31.9 Å². The Kier molecular flexibility index (Phi) is 8.16. The maximum Gasteiger partial charge on any atom is 0.229 e. The Labute approximate surface area is 314 Å². The summed E-state index contributed by atoms with van der Waals surface area (Å²) < 4.78 is 6.67. The number of aliphatic imine (C=N–C) groups is 1. The Bertz CT molecular complexity index is 2870. The van der Waals surface area contributed by atoms with Crippen molar-refractivity contribution >= 4 is 44.5 Å². The molecule has 0 aliphatic rings. The van der Waals surface area contributed by atoms with Crippen LogP contribution in [0.15, 0.2) is 173 Å². The van der Waals surface area contributed by atoms with E-state index in [-0.39, 0.29) is 11.2 Å². The van der Waals surface area contributed by atoms with Gasteiger partial charge in [-0.25, -0.2) is 4.98 Å². The van der Waals surface area contributed by atoms with Crippen LogP contribution in [0.4, 0.5) is 5.69 Å². The largest absolute Gasteiger partial charge is 0.507 e. The molecule has 0 aliphatic carbocycles. The van der Waals surface area contributed by atoms with Gasteiger partial charge in [-0.2, -0.15) is 0 Å². The lowest BCUT2D eigenvalue weighted by Crippen LogP contribution is -2.11. The Balaban J connectivity index is 1.16. The Hall–Kier alpha value is -6.78. The lowest BCUT2D eigenvalue weighted by molar-refractivity contribution is 0.473. The van der Waals surface area contributed by atoms with E-state index in [0.29, 0.717) is 22.7 Å². The van der Waals surface area contributed by atoms with Crippen molar-refractivity contribution in [1.29, 1.82) is 0 Å². The molecule has 0 aliphatic heterocycles. The average Bonchev–Trinajstić information content (AvgIpc) is 3.64. The quantitative estimate of drug-likeness (QED) is 0.176. The Morgan fingerprint density at radius 1 is 0.556 bits per heavy atom. The summed E-state index contributed by atoms with van der Waals surface area (Å²) in [6, 6.07) is 56.5. The molecule has 0 saturated carbocycles. The van der Waals surface area contributed by atoms with E-state index < -0.39 is 0 Å². The fourth-order valence-corrected chi connectivity index (χ4v) is 7.23. The number of nitrogens with zero attached hydrogens (tertiary/aromatic N) is 2. The molecule has 260 valence electrons. The van der Waals surface area contributed by atoms with Crippen LogP contribution in [0.5, 0.6) is 5.75 Å². The van der Waals surface area contributed by atoms with Gasteiger partial charge >= 0.3 is 0 Å². The van der Waals surface area contributed by atoms with Crippen molar-refractivity contribution in [2.45, 2.75) is 26.2 Å². The topological polar surface area (TPSA) is 58.6 Å². The van der Waals surface area contributed by atoms with Gasteiger partial charge in [0.2, 0.25) is 5.89 Å². The molecule has 0 atom stereocenters. The zero-order chi connectivity index (χ0) is 36.8. The van der Waals surface area contributed by atoms with Crippen LogP contribution in [-0.2, 0) is 5.41 Å². The molecule has 4 heteroatoms. The molecule has 1 heterocycles. The predicted molar refractivity (Wildman–Crippen MR) is 225 cm³/mol. The monoisotopic (exact) mass is 698 g/mol. The summed E-state index contributed by atoms with van der Waals surface area (Å²) in [7, 11) is 0. The van der Waals surface area contributed by atoms with E-state index in [1.807, 2.05) is 36.4 Å². The molecule has 0 bridgehead atoms. The number of benzene rings is 8. The SMILES string of the molecule is CC(C)(C)c1ccc(O)c(C=Nc2ccccc2-c2nc3c(-c4cccc5ccccc45)cc(-c4ccc(-c5ccc6ccccc6c5)cc4)cc3o2)c1. The number of rotatable bonds is 6. The molecule has 54 heavy (non-hydrogen) atoms. The summed E-state index contributed by atoms with van der Waals surface area (Å²) in [6.45, 7) is 6.46. The first kappa shape index (κ1) is 33.1. The molecule has 9 aromatic rings. The highest BCUT2D eigenvalue weighted by molar-refractivity contribution is 6.05. The highest BCUT2D eigenvalue weighted by Gasteiger charge is 2.19. The highest BCUT2D eigenvalue weighted by Crippen LogP contribution is 2.41. The summed E-state index contributed by atoms with van der Waals surface area (Å²) in [4.78, 5) is 10.0. The van der Waals surface area contributed by atoms with Gasteiger partial charge in [-0.3, -0.25) is 4.99 Å². The minimum Gasteiger partial charge on any atom is -0.507 e. The van der Waals surface area contributed by atoms with Crippen molar-refractivity contribution in [1.82, 2.24) is 4.98 Å². The van der Waals surface area contributed by atoms with Gasteiger partial charge in [0.15, 0.2) is 5.58 Å². The molecule has 0 unspecified atom stereocenters. The maximum absolute atomic E-state index is 10.7. The molecule has 0 amide bonds. The molecule has 0 spiro atoms. The van der Waals surface area contributed by atoms with E-state index >= 15 is 0 Å². The van der Waals surface area contributed by atoms with Gasteiger partial charge in [0, 0.05) is 17.3 Å². The molecule has 0 saturated heterocycles. The van der Waals surface area contributed by atoms with Gasteiger partial charge in [-0.15, -0.1) is 0 Å². The van der Waals surface area contributed by atoms with Crippen molar-refractivity contribution in [2.24, 2.45) is 4.99 Å². The number of oxazole rings is 1. The standard InChI is InChI=1S/C50H38N2O2/c1-50(2,3)40-25-26-46(53)39(28-40)31-51-45-18-9-8-16-43(45)49-52-48-44(42-17-10-14-35-12-6-7-15-41(35)42)29-38(30-47(48)54-49)34-21-19-33(20-22-34)37-24-23-32-11-4-5-13-36(32)27-37/h4-31,53H,1-3H3. The summed E-state index contributed by atoms with van der Waals surface area (Å²) in [5.74, 6) is 0.666. The molecule has 0 fully saturated rings. The van der Waals surface area contributed by atoms with Crippen LogP contribution in [0.3, 0.4) is 0 Å². The van der Waals surface area contributed by atoms with Crippen LogP contribution >= 0.6 is 0 Å². The predicted octanol–water partition coefficient (Wildman–Crippen LogP) is 13.6. The second-order valence-corrected chi connectivity index (χ2v) is 14.9. The van der Waals surface area contributed by atoms with Crippen LogP contribution in [0.2, 0.25) is 0 Å². The average molecular weight is 699 g/mol. The van der Waals surface area contributed by atoms with Crippen molar-refractivity contribution < 1.29 is 9.52 Å². The summed E-state index contributed by atoms with van der Waals surface area (Å²) in [6.07, 6.45) is 1.72. The summed E-state index contributed by atoms with van der Waals surface area (Å²) >= 11 is 0. The van der Waals surface area contributed by atoms with Gasteiger partial charge in [0.25, 0.3) is 0 Å². The van der Waals surface area contributed by atoms with E-state index in [2.05, 4.69) is 142 Å². The number of hydrogen-bond acceptors (Lipinski definition) is 4. The third-order valence-corrected chi connectivity index (χ3v) is 10.2. The van der Waals surface area contributed by atoms with Gasteiger partial charge < -0.3 is 9.52 Å². The van der Waals surface area contributed by atoms with Gasteiger partial charge in [0.1, 0.15) is 11.3 Å². The summed E-state index contributed by atoms with van der Waals surface area (Å²) in [5, 5.41) is 15.5. The number of phenols is 1. The van der Waals surface area contributed by atoms with E-state index in [9.17, 15) is 5.11 Å². The zero-order valence-electron chi connectivity index (χ0n) is 30.4. The minimum atomic E-state index is -0.0632. The number of phenolic OH excluding ortho intramolecular Hbond substituents is 1. The van der Waals surface area contributed by atoms with Crippen LogP contribution in [0.25, 0.3) is 77.5 Å². The smallest absolute Gasteiger partial charge is 0.229 e. The molecule has 1 aromatic heterocycles. The number of aromatic hydroxyl groups is 1.